The fourth-order valence-corrected chi connectivity index (χ4v) is 3.46. The third-order valence-electron chi connectivity index (χ3n) is 4.91. The molecule has 0 unspecified atom stereocenters. The first-order valence-corrected chi connectivity index (χ1v) is 10.4. The minimum Gasteiger partial charge on any atom is -0.488 e. The van der Waals surface area contributed by atoms with Gasteiger partial charge in [-0.1, -0.05) is 78.3 Å². The number of anilines is 1. The molecule has 0 aliphatic carbocycles. The largest absolute Gasteiger partial charge is 0.488 e. The molecule has 0 aliphatic heterocycles. The lowest BCUT2D eigenvalue weighted by atomic mass is 10.1. The van der Waals surface area contributed by atoms with Crippen molar-refractivity contribution in [1.82, 2.24) is 0 Å². The van der Waals surface area contributed by atoms with Crippen LogP contribution in [0.25, 0.3) is 16.8 Å². The number of halogens is 1. The van der Waals surface area contributed by atoms with Gasteiger partial charge in [0.05, 0.1) is 10.7 Å². The van der Waals surface area contributed by atoms with Crippen molar-refractivity contribution in [2.75, 3.05) is 5.32 Å². The van der Waals surface area contributed by atoms with E-state index in [1.807, 2.05) is 42.5 Å². The number of benzene rings is 4. The molecule has 4 rings (SSSR count). The first-order valence-electron chi connectivity index (χ1n) is 10.0. The Kier molecular flexibility index (Phi) is 6.50. The highest BCUT2D eigenvalue weighted by molar-refractivity contribution is 6.34. The van der Waals surface area contributed by atoms with Crippen molar-refractivity contribution in [2.45, 2.75) is 6.61 Å². The number of rotatable bonds is 6. The van der Waals surface area contributed by atoms with Crippen LogP contribution in [0.5, 0.6) is 5.75 Å². The van der Waals surface area contributed by atoms with E-state index >= 15 is 0 Å². The molecule has 0 radical (unpaired) electrons. The summed E-state index contributed by atoms with van der Waals surface area (Å²) in [6, 6.07) is 30.4. The molecule has 1 amide bonds. The number of nitrogens with one attached hydrogen (secondary N) is 1. The fraction of sp³-hybridized carbons (Fsp3) is 0.0370. The summed E-state index contributed by atoms with van der Waals surface area (Å²) in [7, 11) is 0. The van der Waals surface area contributed by atoms with Gasteiger partial charge in [0, 0.05) is 5.56 Å². The summed E-state index contributed by atoms with van der Waals surface area (Å²) < 4.78 is 6.03. The summed E-state index contributed by atoms with van der Waals surface area (Å²) in [6.07, 6.45) is 1.52. The molecule has 0 heterocycles. The average molecular weight is 439 g/mol. The predicted octanol–water partition coefficient (Wildman–Crippen LogP) is 6.62. The lowest BCUT2D eigenvalue weighted by molar-refractivity contribution is -0.112. The first-order chi connectivity index (χ1) is 15.6. The predicted molar refractivity (Wildman–Crippen MR) is 128 cm³/mol. The molecule has 0 saturated heterocycles. The number of fused-ring (bicyclic) bond motifs is 1. The second-order valence-electron chi connectivity index (χ2n) is 7.11. The number of carbonyl (C=O) groups is 1. The van der Waals surface area contributed by atoms with Crippen LogP contribution in [0.3, 0.4) is 0 Å². The van der Waals surface area contributed by atoms with Gasteiger partial charge < -0.3 is 10.1 Å². The van der Waals surface area contributed by atoms with Crippen LogP contribution >= 0.6 is 11.6 Å². The molecule has 0 spiro atoms. The summed E-state index contributed by atoms with van der Waals surface area (Å²) in [5, 5.41) is 14.9. The van der Waals surface area contributed by atoms with E-state index in [2.05, 4.69) is 29.6 Å². The Bertz CT molecular complexity index is 1360. The fourth-order valence-electron chi connectivity index (χ4n) is 3.28. The van der Waals surface area contributed by atoms with E-state index in [-0.39, 0.29) is 5.57 Å². The zero-order chi connectivity index (χ0) is 22.3. The Labute approximate surface area is 191 Å². The van der Waals surface area contributed by atoms with E-state index in [9.17, 15) is 10.1 Å². The van der Waals surface area contributed by atoms with Gasteiger partial charge in [0.1, 0.15) is 24.0 Å². The van der Waals surface area contributed by atoms with Crippen LogP contribution in [0.1, 0.15) is 11.1 Å². The number of ether oxygens (including phenoxy) is 1. The summed E-state index contributed by atoms with van der Waals surface area (Å²) >= 11 is 6.10. The van der Waals surface area contributed by atoms with Crippen molar-refractivity contribution in [2.24, 2.45) is 0 Å². The topological polar surface area (TPSA) is 62.1 Å². The van der Waals surface area contributed by atoms with Crippen molar-refractivity contribution in [1.29, 1.82) is 5.26 Å². The number of amides is 1. The third-order valence-corrected chi connectivity index (χ3v) is 5.24. The standard InChI is InChI=1S/C27H19ClN2O2/c28-24-10-4-5-11-25(24)30-27(31)23(17-29)16-22-9-3-6-12-26(22)32-18-19-13-14-20-7-1-2-8-21(20)15-19/h1-16H,18H2,(H,30,31)/b23-16+. The van der Waals surface area contributed by atoms with Gasteiger partial charge in [0.25, 0.3) is 5.91 Å². The highest BCUT2D eigenvalue weighted by atomic mass is 35.5. The van der Waals surface area contributed by atoms with Crippen molar-refractivity contribution in [3.63, 3.8) is 0 Å². The van der Waals surface area contributed by atoms with Gasteiger partial charge in [-0.15, -0.1) is 0 Å². The highest BCUT2D eigenvalue weighted by Crippen LogP contribution is 2.25. The van der Waals surface area contributed by atoms with Crippen LogP contribution in [-0.4, -0.2) is 5.91 Å². The smallest absolute Gasteiger partial charge is 0.266 e. The van der Waals surface area contributed by atoms with Crippen molar-refractivity contribution in [3.8, 4) is 11.8 Å². The molecule has 4 nitrogen and oxygen atoms in total. The summed E-state index contributed by atoms with van der Waals surface area (Å²) in [6.45, 7) is 0.364. The molecule has 0 fully saturated rings. The second-order valence-corrected chi connectivity index (χ2v) is 7.52. The lowest BCUT2D eigenvalue weighted by Gasteiger charge is -2.11. The maximum atomic E-state index is 12.6. The van der Waals surface area contributed by atoms with E-state index in [4.69, 9.17) is 16.3 Å². The molecule has 32 heavy (non-hydrogen) atoms. The molecule has 1 N–H and O–H groups in total. The maximum Gasteiger partial charge on any atom is 0.266 e. The van der Waals surface area contributed by atoms with Gasteiger partial charge in [-0.05, 0) is 46.7 Å². The molecule has 0 saturated carbocycles. The Balaban J connectivity index is 1.53. The molecular formula is C27H19ClN2O2. The van der Waals surface area contributed by atoms with E-state index < -0.39 is 5.91 Å². The SMILES string of the molecule is N#C/C(=C\c1ccccc1OCc1ccc2ccccc2c1)C(=O)Nc1ccccc1Cl. The number of para-hydroxylation sites is 2. The van der Waals surface area contributed by atoms with Crippen molar-refractivity contribution in [3.05, 3.63) is 113 Å². The molecule has 156 valence electrons. The lowest BCUT2D eigenvalue weighted by Crippen LogP contribution is -2.13. The van der Waals surface area contributed by atoms with E-state index in [0.717, 1.165) is 10.9 Å². The minimum atomic E-state index is -0.537. The van der Waals surface area contributed by atoms with Crippen LogP contribution in [0.2, 0.25) is 5.02 Å². The zero-order valence-corrected chi connectivity index (χ0v) is 17.8. The molecular weight excluding hydrogens is 420 g/mol. The Morgan fingerprint density at radius 1 is 0.938 bits per heavy atom. The Morgan fingerprint density at radius 2 is 1.66 bits per heavy atom. The van der Waals surface area contributed by atoms with Gasteiger partial charge in [-0.3, -0.25) is 4.79 Å². The van der Waals surface area contributed by atoms with Crippen LogP contribution in [0.4, 0.5) is 5.69 Å². The zero-order valence-electron chi connectivity index (χ0n) is 17.1. The van der Waals surface area contributed by atoms with Gasteiger partial charge in [0.2, 0.25) is 0 Å². The van der Waals surface area contributed by atoms with E-state index in [1.54, 1.807) is 30.3 Å². The molecule has 5 heteroatoms. The molecule has 4 aromatic rings. The molecule has 4 aromatic carbocycles. The highest BCUT2D eigenvalue weighted by Gasteiger charge is 2.13. The monoisotopic (exact) mass is 438 g/mol. The second kappa shape index (κ2) is 9.82. The summed E-state index contributed by atoms with van der Waals surface area (Å²) in [5.41, 5.74) is 2.06. The number of nitrogens with zero attached hydrogens (tertiary/aromatic N) is 1. The van der Waals surface area contributed by atoms with Crippen LogP contribution in [0.15, 0.2) is 96.6 Å². The van der Waals surface area contributed by atoms with Gasteiger partial charge >= 0.3 is 0 Å². The Morgan fingerprint density at radius 3 is 2.47 bits per heavy atom. The van der Waals surface area contributed by atoms with Crippen LogP contribution in [0, 0.1) is 11.3 Å². The molecule has 0 atom stereocenters. The van der Waals surface area contributed by atoms with Crippen molar-refractivity contribution < 1.29 is 9.53 Å². The summed E-state index contributed by atoms with van der Waals surface area (Å²) in [5.74, 6) is 0.0453. The van der Waals surface area contributed by atoms with E-state index in [0.29, 0.717) is 28.6 Å². The number of carbonyl (C=O) groups excluding carboxylic acids is 1. The van der Waals surface area contributed by atoms with Crippen molar-refractivity contribution >= 4 is 40.0 Å². The third kappa shape index (κ3) is 4.97. The number of hydrogen-bond donors (Lipinski definition) is 1. The average Bonchev–Trinajstić information content (AvgIpc) is 2.83. The van der Waals surface area contributed by atoms with Crippen LogP contribution in [-0.2, 0) is 11.4 Å². The Hall–Kier alpha value is -4.07. The number of nitriles is 1. The minimum absolute atomic E-state index is 0.0494. The normalized spacial score (nSPS) is 11.1. The first kappa shape index (κ1) is 21.2. The number of hydrogen-bond acceptors (Lipinski definition) is 3. The van der Waals surface area contributed by atoms with Gasteiger partial charge in [-0.2, -0.15) is 5.26 Å². The summed E-state index contributed by atoms with van der Waals surface area (Å²) in [4.78, 5) is 12.6. The maximum absolute atomic E-state index is 12.6. The molecule has 0 aromatic heterocycles. The van der Waals surface area contributed by atoms with Gasteiger partial charge in [-0.25, -0.2) is 0 Å². The molecule has 0 bridgehead atoms. The molecule has 0 aliphatic rings. The van der Waals surface area contributed by atoms with E-state index in [1.165, 1.54) is 11.5 Å². The van der Waals surface area contributed by atoms with Crippen LogP contribution < -0.4 is 10.1 Å². The van der Waals surface area contributed by atoms with Gasteiger partial charge in [0.15, 0.2) is 0 Å². The quantitative estimate of drug-likeness (QED) is 0.272.